The molecule has 3 heterocycles. The Kier molecular flexibility index (Phi) is 3.97. The van der Waals surface area contributed by atoms with Gasteiger partial charge in [0.05, 0.1) is 11.8 Å². The first-order valence-electron chi connectivity index (χ1n) is 9.74. The molecule has 0 unspecified atom stereocenters. The summed E-state index contributed by atoms with van der Waals surface area (Å²) in [5.41, 5.74) is 0.471. The Bertz CT molecular complexity index is 834. The summed E-state index contributed by atoms with van der Waals surface area (Å²) in [6, 6.07) is 7.18. The van der Waals surface area contributed by atoms with Crippen LogP contribution in [0.3, 0.4) is 0 Å². The smallest absolute Gasteiger partial charge is 0.252 e. The number of rotatable bonds is 3. The Morgan fingerprint density at radius 1 is 1.07 bits per heavy atom. The number of benzene rings is 1. The monoisotopic (exact) mass is 369 g/mol. The molecule has 1 aromatic carbocycles. The van der Waals surface area contributed by atoms with Crippen molar-refractivity contribution in [3.05, 3.63) is 29.8 Å². The molecule has 27 heavy (non-hydrogen) atoms. The fourth-order valence-electron chi connectivity index (χ4n) is 5.30. The van der Waals surface area contributed by atoms with Gasteiger partial charge in [0, 0.05) is 30.4 Å². The van der Waals surface area contributed by atoms with Gasteiger partial charge in [-0.3, -0.25) is 24.6 Å². The van der Waals surface area contributed by atoms with E-state index in [0.717, 1.165) is 17.7 Å². The lowest BCUT2D eigenvalue weighted by Crippen LogP contribution is -2.55. The molecule has 0 saturated carbocycles. The maximum atomic E-state index is 13.5. The fraction of sp³-hybridized carbons (Fsp3) is 0.571. The van der Waals surface area contributed by atoms with E-state index in [1.807, 2.05) is 38.1 Å². The molecule has 2 fully saturated rings. The number of imide groups is 1. The molecule has 2 saturated heterocycles. The summed E-state index contributed by atoms with van der Waals surface area (Å²) in [4.78, 5) is 43.1. The van der Waals surface area contributed by atoms with Gasteiger partial charge >= 0.3 is 0 Å². The van der Waals surface area contributed by atoms with Crippen molar-refractivity contribution < 1.29 is 14.4 Å². The van der Waals surface area contributed by atoms with E-state index in [1.165, 1.54) is 4.90 Å². The van der Waals surface area contributed by atoms with Crippen molar-refractivity contribution in [2.24, 2.45) is 17.8 Å². The fourth-order valence-corrected chi connectivity index (χ4v) is 5.30. The Balaban J connectivity index is 1.91. The minimum atomic E-state index is -1.15. The summed E-state index contributed by atoms with van der Waals surface area (Å²) < 4.78 is 0. The van der Waals surface area contributed by atoms with Crippen molar-refractivity contribution in [2.45, 2.75) is 51.7 Å². The summed E-state index contributed by atoms with van der Waals surface area (Å²) in [6.07, 6.45) is 0.743. The quantitative estimate of drug-likeness (QED) is 0.826. The number of nitrogens with one attached hydrogen (secondary N) is 1. The number of amides is 3. The highest BCUT2D eigenvalue weighted by Gasteiger charge is 2.71. The van der Waals surface area contributed by atoms with E-state index in [9.17, 15) is 14.4 Å². The van der Waals surface area contributed by atoms with Crippen LogP contribution in [0.2, 0.25) is 0 Å². The minimum absolute atomic E-state index is 0.142. The molecule has 4 atom stereocenters. The number of anilines is 1. The first-order chi connectivity index (χ1) is 12.7. The number of hydrogen-bond donors (Lipinski definition) is 1. The van der Waals surface area contributed by atoms with Crippen LogP contribution in [0.5, 0.6) is 0 Å². The molecule has 1 aromatic rings. The molecule has 0 aromatic heterocycles. The van der Waals surface area contributed by atoms with Crippen LogP contribution in [0.15, 0.2) is 24.3 Å². The number of para-hydroxylation sites is 1. The highest BCUT2D eigenvalue weighted by atomic mass is 16.2. The van der Waals surface area contributed by atoms with Crippen molar-refractivity contribution >= 4 is 23.4 Å². The molecule has 3 aliphatic heterocycles. The van der Waals surface area contributed by atoms with Crippen molar-refractivity contribution in [1.29, 1.82) is 0 Å². The molecule has 0 bridgehead atoms. The van der Waals surface area contributed by atoms with Crippen LogP contribution in [0.25, 0.3) is 0 Å². The van der Waals surface area contributed by atoms with Crippen LogP contribution >= 0.6 is 0 Å². The highest BCUT2D eigenvalue weighted by Crippen LogP contribution is 2.55. The average Bonchev–Trinajstić information content (AvgIpc) is 3.14. The number of carbonyl (C=O) groups excluding carboxylic acids is 3. The van der Waals surface area contributed by atoms with Crippen LogP contribution in [0.4, 0.5) is 5.69 Å². The molecule has 3 amide bonds. The molecule has 6 nitrogen and oxygen atoms in total. The van der Waals surface area contributed by atoms with E-state index in [-0.39, 0.29) is 29.8 Å². The third kappa shape index (κ3) is 2.19. The van der Waals surface area contributed by atoms with Crippen LogP contribution in [-0.4, -0.2) is 41.8 Å². The van der Waals surface area contributed by atoms with Gasteiger partial charge in [0.2, 0.25) is 11.8 Å². The second-order valence-electron chi connectivity index (χ2n) is 8.71. The predicted molar refractivity (Wildman–Crippen MR) is 102 cm³/mol. The molecule has 144 valence electrons. The van der Waals surface area contributed by atoms with Gasteiger partial charge in [0.15, 0.2) is 0 Å². The molecular formula is C21H27N3O3. The van der Waals surface area contributed by atoms with Crippen molar-refractivity contribution in [1.82, 2.24) is 10.2 Å². The average molecular weight is 369 g/mol. The largest absolute Gasteiger partial charge is 0.313 e. The first kappa shape index (κ1) is 18.2. The Morgan fingerprint density at radius 3 is 2.37 bits per heavy atom. The maximum Gasteiger partial charge on any atom is 0.252 e. The van der Waals surface area contributed by atoms with Crippen LogP contribution in [-0.2, 0) is 19.9 Å². The van der Waals surface area contributed by atoms with E-state index in [2.05, 4.69) is 19.2 Å². The molecule has 1 N–H and O–H groups in total. The maximum absolute atomic E-state index is 13.5. The molecule has 4 rings (SSSR count). The zero-order chi connectivity index (χ0) is 19.7. The number of likely N-dealkylation sites (N-methyl/N-ethyl adjacent to an activating group) is 1. The molecule has 0 aliphatic carbocycles. The third-order valence-corrected chi connectivity index (χ3v) is 6.27. The van der Waals surface area contributed by atoms with E-state index < -0.39 is 17.4 Å². The van der Waals surface area contributed by atoms with Gasteiger partial charge < -0.3 is 4.90 Å². The van der Waals surface area contributed by atoms with E-state index in [4.69, 9.17) is 0 Å². The van der Waals surface area contributed by atoms with Crippen molar-refractivity contribution in [3.63, 3.8) is 0 Å². The van der Waals surface area contributed by atoms with Gasteiger partial charge in [-0.2, -0.15) is 0 Å². The summed E-state index contributed by atoms with van der Waals surface area (Å²) in [5, 5.41) is 3.50. The SMILES string of the molecule is CC(C)C[C@@H]1N[C@]2(C(=O)N(C)c3ccccc32)[C@@H]2C(=O)N(C(C)C)C(=O)[C@H]12. The Labute approximate surface area is 159 Å². The van der Waals surface area contributed by atoms with Crippen molar-refractivity contribution in [2.75, 3.05) is 11.9 Å². The zero-order valence-electron chi connectivity index (χ0n) is 16.5. The third-order valence-electron chi connectivity index (χ3n) is 6.27. The standard InChI is InChI=1S/C21H27N3O3/c1-11(2)10-14-16-17(19(26)24(12(3)4)18(16)25)21(22-14)13-8-6-7-9-15(13)23(5)20(21)27/h6-9,11-12,14,16-17,22H,10H2,1-5H3/t14-,16+,17-,21-/m0/s1. The minimum Gasteiger partial charge on any atom is -0.313 e. The number of nitrogens with zero attached hydrogens (tertiary/aromatic N) is 2. The van der Waals surface area contributed by atoms with Crippen LogP contribution in [0.1, 0.15) is 39.7 Å². The van der Waals surface area contributed by atoms with Gasteiger partial charge in [0.1, 0.15) is 5.54 Å². The van der Waals surface area contributed by atoms with E-state index in [1.54, 1.807) is 11.9 Å². The summed E-state index contributed by atoms with van der Waals surface area (Å²) in [5.74, 6) is -1.34. The predicted octanol–water partition coefficient (Wildman–Crippen LogP) is 1.89. The summed E-state index contributed by atoms with van der Waals surface area (Å²) >= 11 is 0. The zero-order valence-corrected chi connectivity index (χ0v) is 16.5. The number of fused-ring (bicyclic) bond motifs is 4. The van der Waals surface area contributed by atoms with Crippen molar-refractivity contribution in [3.8, 4) is 0 Å². The van der Waals surface area contributed by atoms with E-state index in [0.29, 0.717) is 5.92 Å². The molecule has 0 radical (unpaired) electrons. The second-order valence-corrected chi connectivity index (χ2v) is 8.71. The van der Waals surface area contributed by atoms with Gasteiger partial charge in [0.25, 0.3) is 5.91 Å². The molecule has 3 aliphatic rings. The van der Waals surface area contributed by atoms with Gasteiger partial charge in [-0.25, -0.2) is 0 Å². The van der Waals surface area contributed by atoms with Gasteiger partial charge in [-0.15, -0.1) is 0 Å². The lowest BCUT2D eigenvalue weighted by molar-refractivity contribution is -0.144. The van der Waals surface area contributed by atoms with Gasteiger partial charge in [-0.05, 0) is 32.3 Å². The lowest BCUT2D eigenvalue weighted by atomic mass is 9.76. The second kappa shape index (κ2) is 5.89. The Hall–Kier alpha value is -2.21. The van der Waals surface area contributed by atoms with Crippen LogP contribution in [0, 0.1) is 17.8 Å². The first-order valence-corrected chi connectivity index (χ1v) is 9.74. The van der Waals surface area contributed by atoms with E-state index >= 15 is 0 Å². The summed E-state index contributed by atoms with van der Waals surface area (Å²) in [6.45, 7) is 7.90. The lowest BCUT2D eigenvalue weighted by Gasteiger charge is -2.31. The molecule has 1 spiro atoms. The number of hydrogen-bond acceptors (Lipinski definition) is 4. The molecule has 6 heteroatoms. The topological polar surface area (TPSA) is 69.7 Å². The number of likely N-dealkylation sites (tertiary alicyclic amines) is 1. The highest BCUT2D eigenvalue weighted by molar-refractivity contribution is 6.15. The normalized spacial score (nSPS) is 32.4. The Morgan fingerprint density at radius 2 is 1.74 bits per heavy atom. The number of carbonyl (C=O) groups is 3. The van der Waals surface area contributed by atoms with Crippen LogP contribution < -0.4 is 10.2 Å². The molecular weight excluding hydrogens is 342 g/mol. The van der Waals surface area contributed by atoms with Gasteiger partial charge in [-0.1, -0.05) is 32.0 Å². The summed E-state index contributed by atoms with van der Waals surface area (Å²) in [7, 11) is 1.74.